The molecule has 152 valence electrons. The maximum absolute atomic E-state index is 13.6. The van der Waals surface area contributed by atoms with Crippen molar-refractivity contribution in [3.8, 4) is 0 Å². The van der Waals surface area contributed by atoms with E-state index < -0.39 is 5.54 Å². The zero-order chi connectivity index (χ0) is 20.4. The highest BCUT2D eigenvalue weighted by molar-refractivity contribution is 6.01. The lowest BCUT2D eigenvalue weighted by molar-refractivity contribution is -0.145. The summed E-state index contributed by atoms with van der Waals surface area (Å²) < 4.78 is 0. The molecule has 1 aromatic heterocycles. The summed E-state index contributed by atoms with van der Waals surface area (Å²) in [6.45, 7) is 5.74. The number of aromatic nitrogens is 2. The van der Waals surface area contributed by atoms with Gasteiger partial charge in [-0.3, -0.25) is 9.59 Å². The fourth-order valence-electron chi connectivity index (χ4n) is 4.88. The molecule has 1 spiro atoms. The Kier molecular flexibility index (Phi) is 5.35. The first-order valence-electron chi connectivity index (χ1n) is 10.5. The summed E-state index contributed by atoms with van der Waals surface area (Å²) in [6.07, 6.45) is 5.58. The highest BCUT2D eigenvalue weighted by atomic mass is 16.2. The quantitative estimate of drug-likeness (QED) is 0.802. The number of nitrogens with zero attached hydrogens (tertiary/aromatic N) is 4. The monoisotopic (exact) mass is 392 g/mol. The van der Waals surface area contributed by atoms with Crippen LogP contribution in [-0.4, -0.2) is 56.8 Å². The van der Waals surface area contributed by atoms with E-state index in [9.17, 15) is 9.59 Å². The number of amides is 2. The molecular formula is C23H28N4O2. The van der Waals surface area contributed by atoms with E-state index in [4.69, 9.17) is 0 Å². The van der Waals surface area contributed by atoms with Gasteiger partial charge in [-0.2, -0.15) is 0 Å². The molecule has 4 rings (SSSR count). The number of likely N-dealkylation sites (tertiary alicyclic amines) is 2. The van der Waals surface area contributed by atoms with Crippen LogP contribution in [0.3, 0.4) is 0 Å². The second-order valence-electron chi connectivity index (χ2n) is 8.14. The fraction of sp³-hybridized carbons (Fsp3) is 0.478. The van der Waals surface area contributed by atoms with E-state index in [0.717, 1.165) is 38.6 Å². The second-order valence-corrected chi connectivity index (χ2v) is 8.14. The lowest BCUT2D eigenvalue weighted by atomic mass is 9.84. The van der Waals surface area contributed by atoms with Crippen molar-refractivity contribution in [3.63, 3.8) is 0 Å². The van der Waals surface area contributed by atoms with Crippen LogP contribution in [0.25, 0.3) is 0 Å². The molecule has 29 heavy (non-hydrogen) atoms. The van der Waals surface area contributed by atoms with Crippen molar-refractivity contribution < 1.29 is 9.59 Å². The summed E-state index contributed by atoms with van der Waals surface area (Å²) in [4.78, 5) is 39.3. The van der Waals surface area contributed by atoms with Crippen LogP contribution in [0.4, 0.5) is 0 Å². The first kappa shape index (κ1) is 19.6. The molecule has 2 aromatic rings. The summed E-state index contributed by atoms with van der Waals surface area (Å²) in [6, 6.07) is 10.2. The van der Waals surface area contributed by atoms with Gasteiger partial charge in [-0.25, -0.2) is 9.97 Å². The van der Waals surface area contributed by atoms with Gasteiger partial charge in [0.1, 0.15) is 11.9 Å². The average molecular weight is 393 g/mol. The molecular weight excluding hydrogens is 364 g/mol. The third-order valence-corrected chi connectivity index (χ3v) is 6.39. The first-order valence-corrected chi connectivity index (χ1v) is 10.5. The van der Waals surface area contributed by atoms with Gasteiger partial charge in [0.2, 0.25) is 5.91 Å². The van der Waals surface area contributed by atoms with Gasteiger partial charge in [0.15, 0.2) is 0 Å². The Labute approximate surface area is 172 Å². The van der Waals surface area contributed by atoms with E-state index >= 15 is 0 Å². The molecule has 2 amide bonds. The first-order chi connectivity index (χ1) is 14.0. The Hall–Kier alpha value is -2.76. The molecule has 3 heterocycles. The van der Waals surface area contributed by atoms with Crippen molar-refractivity contribution in [2.75, 3.05) is 19.6 Å². The van der Waals surface area contributed by atoms with E-state index in [1.165, 1.54) is 11.9 Å². The molecule has 2 aliphatic heterocycles. The molecule has 2 aliphatic rings. The van der Waals surface area contributed by atoms with E-state index in [1.54, 1.807) is 0 Å². The van der Waals surface area contributed by atoms with Crippen molar-refractivity contribution in [2.24, 2.45) is 0 Å². The van der Waals surface area contributed by atoms with Gasteiger partial charge in [0.25, 0.3) is 5.91 Å². The number of aryl methyl sites for hydroxylation is 2. The number of piperidine rings is 1. The highest BCUT2D eigenvalue weighted by Crippen LogP contribution is 2.39. The molecule has 2 saturated heterocycles. The normalized spacial score (nSPS) is 21.8. The van der Waals surface area contributed by atoms with E-state index in [-0.39, 0.29) is 11.8 Å². The number of hydrogen-bond donors (Lipinski definition) is 0. The van der Waals surface area contributed by atoms with Crippen LogP contribution in [0, 0.1) is 13.8 Å². The van der Waals surface area contributed by atoms with Crippen LogP contribution < -0.4 is 0 Å². The zero-order valence-electron chi connectivity index (χ0n) is 17.2. The molecule has 0 N–H and O–H groups in total. The Morgan fingerprint density at radius 1 is 1.03 bits per heavy atom. The lowest BCUT2D eigenvalue weighted by Gasteiger charge is -2.44. The SMILES string of the molecule is Cc1ncnc(C)c1C(=O)N1CCCC12CCCN(CCc1ccccc1)C2=O. The highest BCUT2D eigenvalue weighted by Gasteiger charge is 2.53. The van der Waals surface area contributed by atoms with Crippen LogP contribution in [0.1, 0.15) is 53.0 Å². The largest absolute Gasteiger partial charge is 0.340 e. The number of carbonyl (C=O) groups excluding carboxylic acids is 2. The summed E-state index contributed by atoms with van der Waals surface area (Å²) in [5.41, 5.74) is 2.42. The maximum atomic E-state index is 13.6. The number of benzene rings is 1. The summed E-state index contributed by atoms with van der Waals surface area (Å²) in [7, 11) is 0. The molecule has 6 nitrogen and oxygen atoms in total. The van der Waals surface area contributed by atoms with Gasteiger partial charge < -0.3 is 9.80 Å². The van der Waals surface area contributed by atoms with Gasteiger partial charge in [-0.1, -0.05) is 30.3 Å². The van der Waals surface area contributed by atoms with Crippen LogP contribution in [0.5, 0.6) is 0 Å². The molecule has 1 atom stereocenters. The van der Waals surface area contributed by atoms with Crippen molar-refractivity contribution in [3.05, 3.63) is 59.2 Å². The van der Waals surface area contributed by atoms with Crippen LogP contribution in [0.15, 0.2) is 36.7 Å². The minimum atomic E-state index is -0.708. The Morgan fingerprint density at radius 3 is 2.38 bits per heavy atom. The topological polar surface area (TPSA) is 66.4 Å². The van der Waals surface area contributed by atoms with Gasteiger partial charge >= 0.3 is 0 Å². The van der Waals surface area contributed by atoms with Gasteiger partial charge in [0, 0.05) is 19.6 Å². The Morgan fingerprint density at radius 2 is 1.69 bits per heavy atom. The Balaban J connectivity index is 1.56. The smallest absolute Gasteiger partial charge is 0.258 e. The predicted molar refractivity (Wildman–Crippen MR) is 110 cm³/mol. The standard InChI is InChI=1S/C23H28N4O2/c1-17-20(18(2)25-16-24-17)21(28)27-14-7-12-23(27)11-6-13-26(22(23)29)15-10-19-8-4-3-5-9-19/h3-5,8-9,16H,6-7,10-15H2,1-2H3. The van der Waals surface area contributed by atoms with E-state index in [0.29, 0.717) is 30.0 Å². The van der Waals surface area contributed by atoms with Crippen LogP contribution in [-0.2, 0) is 11.2 Å². The van der Waals surface area contributed by atoms with Crippen LogP contribution in [0.2, 0.25) is 0 Å². The van der Waals surface area contributed by atoms with Gasteiger partial charge in [0.05, 0.1) is 17.0 Å². The summed E-state index contributed by atoms with van der Waals surface area (Å²) in [5.74, 6) is 0.00838. The molecule has 0 saturated carbocycles. The van der Waals surface area contributed by atoms with Gasteiger partial charge in [-0.05, 0) is 51.5 Å². The molecule has 2 fully saturated rings. The van der Waals surface area contributed by atoms with Crippen LogP contribution >= 0.6 is 0 Å². The van der Waals surface area contributed by atoms with Crippen molar-refractivity contribution in [2.45, 2.75) is 51.5 Å². The minimum absolute atomic E-state index is 0.101. The zero-order valence-corrected chi connectivity index (χ0v) is 17.2. The van der Waals surface area contributed by atoms with E-state index in [1.807, 2.05) is 41.8 Å². The lowest BCUT2D eigenvalue weighted by Crippen LogP contribution is -2.61. The number of carbonyl (C=O) groups is 2. The van der Waals surface area contributed by atoms with Gasteiger partial charge in [-0.15, -0.1) is 0 Å². The minimum Gasteiger partial charge on any atom is -0.340 e. The molecule has 6 heteroatoms. The third kappa shape index (κ3) is 3.52. The summed E-state index contributed by atoms with van der Waals surface area (Å²) >= 11 is 0. The maximum Gasteiger partial charge on any atom is 0.258 e. The average Bonchev–Trinajstić information content (AvgIpc) is 3.14. The predicted octanol–water partition coefficient (Wildman–Crippen LogP) is 2.93. The van der Waals surface area contributed by atoms with Crippen molar-refractivity contribution in [1.29, 1.82) is 0 Å². The number of hydrogen-bond acceptors (Lipinski definition) is 4. The number of rotatable bonds is 4. The molecule has 0 radical (unpaired) electrons. The molecule has 1 unspecified atom stereocenters. The molecule has 0 bridgehead atoms. The van der Waals surface area contributed by atoms with Crippen molar-refractivity contribution >= 4 is 11.8 Å². The van der Waals surface area contributed by atoms with E-state index in [2.05, 4.69) is 22.1 Å². The second kappa shape index (κ2) is 7.93. The molecule has 1 aromatic carbocycles. The summed E-state index contributed by atoms with van der Waals surface area (Å²) in [5, 5.41) is 0. The third-order valence-electron chi connectivity index (χ3n) is 6.39. The fourth-order valence-corrected chi connectivity index (χ4v) is 4.88. The van der Waals surface area contributed by atoms with Crippen molar-refractivity contribution in [1.82, 2.24) is 19.8 Å². The molecule has 0 aliphatic carbocycles. The Bertz CT molecular complexity index is 894.